The van der Waals surface area contributed by atoms with E-state index in [9.17, 15) is 9.59 Å². The first kappa shape index (κ1) is 15.1. The van der Waals surface area contributed by atoms with E-state index in [4.69, 9.17) is 5.11 Å². The molecule has 6 heteroatoms. The van der Waals surface area contributed by atoms with Crippen LogP contribution >= 0.6 is 11.8 Å². The fraction of sp³-hybridized carbons (Fsp3) is 0.833. The standard InChI is InChI=1S/C12H22N2O3S/c1-8(2)10(6-11(15)16)13-12(17)14(3)9-4-5-18-7-9/h8-10H,4-7H2,1-3H3,(H,13,17)(H,15,16). The minimum Gasteiger partial charge on any atom is -0.481 e. The lowest BCUT2D eigenvalue weighted by atomic mass is 10.0. The molecule has 1 saturated heterocycles. The van der Waals surface area contributed by atoms with Crippen molar-refractivity contribution in [2.24, 2.45) is 5.92 Å². The number of nitrogens with zero attached hydrogens (tertiary/aromatic N) is 1. The molecule has 0 spiro atoms. The van der Waals surface area contributed by atoms with Crippen molar-refractivity contribution in [2.45, 2.75) is 38.8 Å². The molecule has 1 heterocycles. The molecule has 2 unspecified atom stereocenters. The lowest BCUT2D eigenvalue weighted by Gasteiger charge is -2.28. The fourth-order valence-electron chi connectivity index (χ4n) is 1.90. The first-order valence-electron chi connectivity index (χ1n) is 6.24. The minimum atomic E-state index is -0.881. The minimum absolute atomic E-state index is 0.0311. The van der Waals surface area contributed by atoms with E-state index in [-0.39, 0.29) is 30.5 Å². The van der Waals surface area contributed by atoms with Gasteiger partial charge in [-0.2, -0.15) is 11.8 Å². The molecule has 1 aliphatic rings. The summed E-state index contributed by atoms with van der Waals surface area (Å²) >= 11 is 1.85. The highest BCUT2D eigenvalue weighted by atomic mass is 32.2. The fourth-order valence-corrected chi connectivity index (χ4v) is 3.16. The van der Waals surface area contributed by atoms with Crippen molar-refractivity contribution in [2.75, 3.05) is 18.6 Å². The molecular formula is C12H22N2O3S. The summed E-state index contributed by atoms with van der Waals surface area (Å²) in [6, 6.07) is -0.207. The van der Waals surface area contributed by atoms with Crippen LogP contribution in [0.3, 0.4) is 0 Å². The summed E-state index contributed by atoms with van der Waals surface area (Å²) in [5, 5.41) is 11.6. The first-order valence-corrected chi connectivity index (χ1v) is 7.40. The van der Waals surface area contributed by atoms with Gasteiger partial charge in [0.05, 0.1) is 6.42 Å². The molecule has 18 heavy (non-hydrogen) atoms. The SMILES string of the molecule is CC(C)C(CC(=O)O)NC(=O)N(C)C1CCSC1. The van der Waals surface area contributed by atoms with E-state index in [1.54, 1.807) is 11.9 Å². The van der Waals surface area contributed by atoms with Crippen molar-refractivity contribution >= 4 is 23.8 Å². The maximum atomic E-state index is 12.0. The third-order valence-electron chi connectivity index (χ3n) is 3.28. The number of carbonyl (C=O) groups is 2. The van der Waals surface area contributed by atoms with Gasteiger partial charge in [-0.05, 0) is 18.1 Å². The predicted molar refractivity (Wildman–Crippen MR) is 72.9 cm³/mol. The van der Waals surface area contributed by atoms with Gasteiger partial charge in [-0.15, -0.1) is 0 Å². The van der Waals surface area contributed by atoms with Crippen LogP contribution in [0.4, 0.5) is 4.79 Å². The van der Waals surface area contributed by atoms with Crippen LogP contribution in [-0.2, 0) is 4.79 Å². The van der Waals surface area contributed by atoms with Crippen molar-refractivity contribution in [1.29, 1.82) is 0 Å². The maximum Gasteiger partial charge on any atom is 0.317 e. The third-order valence-corrected chi connectivity index (χ3v) is 4.43. The zero-order valence-corrected chi connectivity index (χ0v) is 12.0. The van der Waals surface area contributed by atoms with Crippen LogP contribution in [0.25, 0.3) is 0 Å². The molecule has 2 amide bonds. The average molecular weight is 274 g/mol. The number of amides is 2. The van der Waals surface area contributed by atoms with Gasteiger partial charge < -0.3 is 15.3 Å². The normalized spacial score (nSPS) is 20.8. The Labute approximate surface area is 112 Å². The molecule has 5 nitrogen and oxygen atoms in total. The number of carboxylic acid groups (broad SMARTS) is 1. The molecule has 0 bridgehead atoms. The molecule has 104 valence electrons. The van der Waals surface area contributed by atoms with Gasteiger partial charge in [-0.3, -0.25) is 4.79 Å². The molecule has 1 aliphatic heterocycles. The van der Waals surface area contributed by atoms with Crippen LogP contribution in [0.2, 0.25) is 0 Å². The third kappa shape index (κ3) is 4.40. The molecule has 0 aromatic rings. The second kappa shape index (κ2) is 6.87. The molecule has 1 rings (SSSR count). The quantitative estimate of drug-likeness (QED) is 0.799. The Morgan fingerprint density at radius 3 is 2.61 bits per heavy atom. The molecule has 0 aromatic carbocycles. The maximum absolute atomic E-state index is 12.0. The smallest absolute Gasteiger partial charge is 0.317 e. The highest BCUT2D eigenvalue weighted by molar-refractivity contribution is 7.99. The lowest BCUT2D eigenvalue weighted by molar-refractivity contribution is -0.137. The topological polar surface area (TPSA) is 69.6 Å². The summed E-state index contributed by atoms with van der Waals surface area (Å²) < 4.78 is 0. The summed E-state index contributed by atoms with van der Waals surface area (Å²) in [6.45, 7) is 3.83. The Hall–Kier alpha value is -0.910. The van der Waals surface area contributed by atoms with Crippen LogP contribution in [0, 0.1) is 5.92 Å². The molecule has 0 saturated carbocycles. The number of thioether (sulfide) groups is 1. The number of rotatable bonds is 5. The van der Waals surface area contributed by atoms with Crippen LogP contribution < -0.4 is 5.32 Å². The zero-order chi connectivity index (χ0) is 13.7. The Balaban J connectivity index is 2.51. The summed E-state index contributed by atoms with van der Waals surface area (Å²) in [7, 11) is 1.78. The molecule has 0 radical (unpaired) electrons. The van der Waals surface area contributed by atoms with Crippen molar-refractivity contribution in [3.05, 3.63) is 0 Å². The van der Waals surface area contributed by atoms with Gasteiger partial charge in [0.2, 0.25) is 0 Å². The Kier molecular flexibility index (Phi) is 5.78. The van der Waals surface area contributed by atoms with E-state index in [1.165, 1.54) is 0 Å². The van der Waals surface area contributed by atoms with Gasteiger partial charge in [0, 0.05) is 24.9 Å². The number of nitrogens with one attached hydrogen (secondary N) is 1. The second-order valence-corrected chi connectivity index (χ2v) is 6.18. The molecule has 0 aliphatic carbocycles. The van der Waals surface area contributed by atoms with Crippen molar-refractivity contribution in [3.63, 3.8) is 0 Å². The van der Waals surface area contributed by atoms with E-state index in [0.717, 1.165) is 17.9 Å². The van der Waals surface area contributed by atoms with Crippen molar-refractivity contribution in [3.8, 4) is 0 Å². The second-order valence-electron chi connectivity index (χ2n) is 5.03. The van der Waals surface area contributed by atoms with Crippen molar-refractivity contribution in [1.82, 2.24) is 10.2 Å². The molecule has 1 fully saturated rings. The number of hydrogen-bond donors (Lipinski definition) is 2. The molecule has 0 aromatic heterocycles. The highest BCUT2D eigenvalue weighted by Crippen LogP contribution is 2.21. The van der Waals surface area contributed by atoms with Gasteiger partial charge in [0.15, 0.2) is 0 Å². The van der Waals surface area contributed by atoms with E-state index in [1.807, 2.05) is 25.6 Å². The number of carbonyl (C=O) groups excluding carboxylic acids is 1. The number of aliphatic carboxylic acids is 1. The molecular weight excluding hydrogens is 252 g/mol. The molecule has 2 atom stereocenters. The first-order chi connectivity index (χ1) is 8.41. The van der Waals surface area contributed by atoms with Crippen LogP contribution in [0.15, 0.2) is 0 Å². The zero-order valence-electron chi connectivity index (χ0n) is 11.2. The lowest BCUT2D eigenvalue weighted by Crippen LogP contribution is -2.49. The predicted octanol–water partition coefficient (Wildman–Crippen LogP) is 1.63. The van der Waals surface area contributed by atoms with E-state index in [2.05, 4.69) is 5.32 Å². The van der Waals surface area contributed by atoms with Crippen molar-refractivity contribution < 1.29 is 14.7 Å². The van der Waals surface area contributed by atoms with E-state index >= 15 is 0 Å². The van der Waals surface area contributed by atoms with Gasteiger partial charge >= 0.3 is 12.0 Å². The van der Waals surface area contributed by atoms with Gasteiger partial charge in [0.25, 0.3) is 0 Å². The summed E-state index contributed by atoms with van der Waals surface area (Å²) in [5.41, 5.74) is 0. The highest BCUT2D eigenvalue weighted by Gasteiger charge is 2.26. The van der Waals surface area contributed by atoms with Crippen LogP contribution in [-0.4, -0.2) is 52.6 Å². The van der Waals surface area contributed by atoms with E-state index < -0.39 is 5.97 Å². The summed E-state index contributed by atoms with van der Waals surface area (Å²) in [5.74, 6) is 1.28. The Morgan fingerprint density at radius 2 is 2.17 bits per heavy atom. The van der Waals surface area contributed by atoms with E-state index in [0.29, 0.717) is 0 Å². The van der Waals surface area contributed by atoms with Crippen LogP contribution in [0.5, 0.6) is 0 Å². The number of urea groups is 1. The Bertz CT molecular complexity index is 304. The summed E-state index contributed by atoms with van der Waals surface area (Å²) in [6.07, 6.45) is 0.983. The van der Waals surface area contributed by atoms with Gasteiger partial charge in [-0.25, -0.2) is 4.79 Å². The number of hydrogen-bond acceptors (Lipinski definition) is 3. The Morgan fingerprint density at radius 1 is 1.50 bits per heavy atom. The van der Waals surface area contributed by atoms with Gasteiger partial charge in [0.1, 0.15) is 0 Å². The average Bonchev–Trinajstić information content (AvgIpc) is 2.79. The molecule has 2 N–H and O–H groups in total. The largest absolute Gasteiger partial charge is 0.481 e. The number of carboxylic acids is 1. The van der Waals surface area contributed by atoms with Gasteiger partial charge in [-0.1, -0.05) is 13.8 Å². The van der Waals surface area contributed by atoms with Crippen LogP contribution in [0.1, 0.15) is 26.7 Å². The summed E-state index contributed by atoms with van der Waals surface area (Å²) in [4.78, 5) is 24.5. The monoisotopic (exact) mass is 274 g/mol.